The lowest BCUT2D eigenvalue weighted by molar-refractivity contribution is -0.121. The molecule has 0 aliphatic rings. The second-order valence-electron chi connectivity index (χ2n) is 5.33. The van der Waals surface area contributed by atoms with Gasteiger partial charge in [-0.15, -0.1) is 10.2 Å². The number of carbonyl (C=O) groups excluding carboxylic acids is 1. The maximum atomic E-state index is 12.1. The first-order valence-electron chi connectivity index (χ1n) is 7.54. The van der Waals surface area contributed by atoms with Gasteiger partial charge in [0.25, 0.3) is 0 Å². The summed E-state index contributed by atoms with van der Waals surface area (Å²) < 4.78 is 6.91. The van der Waals surface area contributed by atoms with E-state index in [1.54, 1.807) is 25.6 Å². The zero-order chi connectivity index (χ0) is 16.7. The lowest BCUT2D eigenvalue weighted by atomic mass is 10.1. The molecule has 23 heavy (non-hydrogen) atoms. The molecule has 0 spiro atoms. The van der Waals surface area contributed by atoms with E-state index in [1.807, 2.05) is 23.6 Å². The highest BCUT2D eigenvalue weighted by molar-refractivity contribution is 5.76. The molecule has 1 aromatic heterocycles. The quantitative estimate of drug-likeness (QED) is 0.769. The van der Waals surface area contributed by atoms with Crippen LogP contribution in [-0.4, -0.2) is 39.5 Å². The van der Waals surface area contributed by atoms with Gasteiger partial charge in [-0.05, 0) is 31.0 Å². The van der Waals surface area contributed by atoms with Crippen LogP contribution in [0.3, 0.4) is 0 Å². The van der Waals surface area contributed by atoms with E-state index in [9.17, 15) is 9.90 Å². The van der Waals surface area contributed by atoms with Crippen molar-refractivity contribution in [2.24, 2.45) is 0 Å². The number of nitrogens with zero attached hydrogens (tertiary/aromatic N) is 3. The standard InChI is InChI=1S/C16H22N4O3/c1-12(16-19-17-11-20(16)9-10-23-2)18-15(22)8-5-13-3-6-14(21)7-4-13/h3-4,6-7,11-12,21H,5,8-10H2,1-2H3,(H,18,22)/t12-/m0/s1. The molecule has 2 rings (SSSR count). The SMILES string of the molecule is COCCn1cnnc1[C@H](C)NC(=O)CCc1ccc(O)cc1. The molecule has 1 heterocycles. The van der Waals surface area contributed by atoms with Crippen LogP contribution in [0.5, 0.6) is 5.75 Å². The number of ether oxygens (including phenoxy) is 1. The van der Waals surface area contributed by atoms with Gasteiger partial charge in [0.1, 0.15) is 12.1 Å². The van der Waals surface area contributed by atoms with Gasteiger partial charge in [-0.25, -0.2) is 0 Å². The molecular formula is C16H22N4O3. The van der Waals surface area contributed by atoms with Crippen molar-refractivity contribution in [2.75, 3.05) is 13.7 Å². The maximum Gasteiger partial charge on any atom is 0.220 e. The number of hydrogen-bond donors (Lipinski definition) is 2. The van der Waals surface area contributed by atoms with Crippen LogP contribution in [0.4, 0.5) is 0 Å². The van der Waals surface area contributed by atoms with Crippen LogP contribution in [0.25, 0.3) is 0 Å². The van der Waals surface area contributed by atoms with Crippen LogP contribution in [0.15, 0.2) is 30.6 Å². The molecule has 0 bridgehead atoms. The molecule has 124 valence electrons. The van der Waals surface area contributed by atoms with Crippen molar-refractivity contribution in [3.63, 3.8) is 0 Å². The van der Waals surface area contributed by atoms with Crippen LogP contribution in [0.1, 0.15) is 30.8 Å². The molecule has 0 aliphatic heterocycles. The van der Waals surface area contributed by atoms with Gasteiger partial charge < -0.3 is 19.7 Å². The lowest BCUT2D eigenvalue weighted by Crippen LogP contribution is -2.29. The zero-order valence-electron chi connectivity index (χ0n) is 13.4. The molecule has 1 aromatic carbocycles. The number of amides is 1. The van der Waals surface area contributed by atoms with Crippen molar-refractivity contribution in [3.05, 3.63) is 42.0 Å². The predicted octanol–water partition coefficient (Wildman–Crippen LogP) is 1.44. The fourth-order valence-electron chi connectivity index (χ4n) is 2.26. The highest BCUT2D eigenvalue weighted by Gasteiger charge is 2.15. The van der Waals surface area contributed by atoms with Gasteiger partial charge in [-0.2, -0.15) is 0 Å². The summed E-state index contributed by atoms with van der Waals surface area (Å²) in [5.74, 6) is 0.883. The second-order valence-corrected chi connectivity index (χ2v) is 5.33. The monoisotopic (exact) mass is 318 g/mol. The predicted molar refractivity (Wildman–Crippen MR) is 84.9 cm³/mol. The van der Waals surface area contributed by atoms with Gasteiger partial charge in [-0.3, -0.25) is 4.79 Å². The maximum absolute atomic E-state index is 12.1. The van der Waals surface area contributed by atoms with Gasteiger partial charge in [-0.1, -0.05) is 12.1 Å². The average molecular weight is 318 g/mol. The summed E-state index contributed by atoms with van der Waals surface area (Å²) in [4.78, 5) is 12.1. The van der Waals surface area contributed by atoms with Gasteiger partial charge in [0.15, 0.2) is 5.82 Å². The Labute approximate surface area is 135 Å². The highest BCUT2D eigenvalue weighted by Crippen LogP contribution is 2.12. The van der Waals surface area contributed by atoms with Crippen molar-refractivity contribution in [3.8, 4) is 5.75 Å². The van der Waals surface area contributed by atoms with E-state index < -0.39 is 0 Å². The summed E-state index contributed by atoms with van der Waals surface area (Å²) in [7, 11) is 1.64. The Balaban J connectivity index is 1.84. The molecule has 0 fully saturated rings. The Morgan fingerprint density at radius 3 is 2.83 bits per heavy atom. The molecule has 7 nitrogen and oxygen atoms in total. The van der Waals surface area contributed by atoms with Crippen LogP contribution in [0.2, 0.25) is 0 Å². The number of hydrogen-bond acceptors (Lipinski definition) is 5. The summed E-state index contributed by atoms with van der Waals surface area (Å²) in [5, 5.41) is 20.1. The summed E-state index contributed by atoms with van der Waals surface area (Å²) in [6.45, 7) is 3.09. The molecule has 1 amide bonds. The molecule has 1 atom stereocenters. The first-order valence-corrected chi connectivity index (χ1v) is 7.54. The lowest BCUT2D eigenvalue weighted by Gasteiger charge is -2.14. The van der Waals surface area contributed by atoms with Gasteiger partial charge in [0.2, 0.25) is 5.91 Å². The summed E-state index contributed by atoms with van der Waals surface area (Å²) in [5.41, 5.74) is 1.01. The molecule has 2 N–H and O–H groups in total. The number of nitrogens with one attached hydrogen (secondary N) is 1. The summed E-state index contributed by atoms with van der Waals surface area (Å²) in [6, 6.07) is 6.64. The minimum Gasteiger partial charge on any atom is -0.508 e. The third-order valence-corrected chi connectivity index (χ3v) is 3.52. The number of methoxy groups -OCH3 is 1. The van der Waals surface area contributed by atoms with E-state index in [-0.39, 0.29) is 17.7 Å². The van der Waals surface area contributed by atoms with E-state index in [0.29, 0.717) is 31.8 Å². The average Bonchev–Trinajstić information content (AvgIpc) is 3.01. The van der Waals surface area contributed by atoms with E-state index in [2.05, 4.69) is 15.5 Å². The normalized spacial score (nSPS) is 12.1. The third kappa shape index (κ3) is 5.07. The topological polar surface area (TPSA) is 89.3 Å². The first kappa shape index (κ1) is 17.0. The van der Waals surface area contributed by atoms with E-state index in [0.717, 1.165) is 5.56 Å². The zero-order valence-corrected chi connectivity index (χ0v) is 13.4. The largest absolute Gasteiger partial charge is 0.508 e. The van der Waals surface area contributed by atoms with Gasteiger partial charge >= 0.3 is 0 Å². The van der Waals surface area contributed by atoms with Crippen LogP contribution >= 0.6 is 0 Å². The molecule has 0 radical (unpaired) electrons. The Morgan fingerprint density at radius 2 is 2.13 bits per heavy atom. The molecule has 0 saturated heterocycles. The van der Waals surface area contributed by atoms with Crippen LogP contribution < -0.4 is 5.32 Å². The highest BCUT2D eigenvalue weighted by atomic mass is 16.5. The number of rotatable bonds is 8. The Kier molecular flexibility index (Phi) is 6.10. The molecule has 0 saturated carbocycles. The molecule has 0 unspecified atom stereocenters. The fourth-order valence-corrected chi connectivity index (χ4v) is 2.26. The van der Waals surface area contributed by atoms with Crippen molar-refractivity contribution in [1.82, 2.24) is 20.1 Å². The number of aromatic hydroxyl groups is 1. The molecular weight excluding hydrogens is 296 g/mol. The van der Waals surface area contributed by atoms with Crippen LogP contribution in [0, 0.1) is 0 Å². The minimum atomic E-state index is -0.221. The number of phenols is 1. The molecule has 2 aromatic rings. The third-order valence-electron chi connectivity index (χ3n) is 3.52. The minimum absolute atomic E-state index is 0.0492. The molecule has 7 heteroatoms. The number of aromatic nitrogens is 3. The second kappa shape index (κ2) is 8.28. The Morgan fingerprint density at radius 1 is 1.39 bits per heavy atom. The van der Waals surface area contributed by atoms with Crippen molar-refractivity contribution in [1.29, 1.82) is 0 Å². The smallest absolute Gasteiger partial charge is 0.220 e. The van der Waals surface area contributed by atoms with E-state index in [4.69, 9.17) is 4.74 Å². The number of benzene rings is 1. The van der Waals surface area contributed by atoms with Crippen LogP contribution in [-0.2, 0) is 22.5 Å². The summed E-state index contributed by atoms with van der Waals surface area (Å²) >= 11 is 0. The van der Waals surface area contributed by atoms with Gasteiger partial charge in [0, 0.05) is 20.1 Å². The Bertz CT molecular complexity index is 625. The fraction of sp³-hybridized carbons (Fsp3) is 0.438. The number of aryl methyl sites for hydroxylation is 1. The van der Waals surface area contributed by atoms with Gasteiger partial charge in [0.05, 0.1) is 12.6 Å². The Hall–Kier alpha value is -2.41. The summed E-state index contributed by atoms with van der Waals surface area (Å²) in [6.07, 6.45) is 2.63. The van der Waals surface area contributed by atoms with Crippen molar-refractivity contribution < 1.29 is 14.6 Å². The van der Waals surface area contributed by atoms with E-state index in [1.165, 1.54) is 0 Å². The molecule has 0 aliphatic carbocycles. The first-order chi connectivity index (χ1) is 11.1. The van der Waals surface area contributed by atoms with Crippen molar-refractivity contribution in [2.45, 2.75) is 32.4 Å². The van der Waals surface area contributed by atoms with Crippen molar-refractivity contribution >= 4 is 5.91 Å². The number of carbonyl (C=O) groups is 1. The van der Waals surface area contributed by atoms with E-state index >= 15 is 0 Å². The number of phenolic OH excluding ortho intramolecular Hbond substituents is 1.